The van der Waals surface area contributed by atoms with Crippen LogP contribution in [-0.4, -0.2) is 0 Å². The normalized spacial score (nSPS) is 18.8. The van der Waals surface area contributed by atoms with Gasteiger partial charge in [0.15, 0.2) is 0 Å². The van der Waals surface area contributed by atoms with Crippen LogP contribution in [0.4, 0.5) is 0 Å². The smallest absolute Gasteiger partial charge is 0.0619 e. The molecule has 0 radical (unpaired) electrons. The standard InChI is InChI=1S/C29H18/c1-2-10-20-19(9-1)17-18-24-23-13-5-8-16-27(23)29(28(20)24)25-14-6-3-11-21(25)22-12-4-7-15-26(22)29/h1-18H/i3T,17T. The van der Waals surface area contributed by atoms with E-state index in [0.717, 1.165) is 21.9 Å². The molecule has 134 valence electrons. The molecule has 0 aliphatic heterocycles. The first-order valence-corrected chi connectivity index (χ1v) is 10.0. The lowest BCUT2D eigenvalue weighted by atomic mass is 9.69. The Morgan fingerprint density at radius 2 is 1.10 bits per heavy atom. The second-order valence-electron chi connectivity index (χ2n) is 7.94. The SMILES string of the molecule is [3H]c1ccc2c(c1)-c1ccccc1C21c2ccccc2-c2cc([3H])c3ccccc3c21. The summed E-state index contributed by atoms with van der Waals surface area (Å²) < 4.78 is 17.0. The van der Waals surface area contributed by atoms with Gasteiger partial charge in [-0.05, 0) is 55.3 Å². The molecule has 29 heavy (non-hydrogen) atoms. The summed E-state index contributed by atoms with van der Waals surface area (Å²) in [5, 5.41) is 2.12. The zero-order valence-electron chi connectivity index (χ0n) is 17.7. The minimum Gasteiger partial charge on any atom is -0.0619 e. The fourth-order valence-electron chi connectivity index (χ4n) is 5.72. The third kappa shape index (κ3) is 1.67. The van der Waals surface area contributed by atoms with Crippen molar-refractivity contribution in [2.75, 3.05) is 0 Å². The minimum atomic E-state index is -0.432. The Morgan fingerprint density at radius 1 is 0.517 bits per heavy atom. The number of hydrogen-bond acceptors (Lipinski definition) is 0. The molecule has 0 heterocycles. The largest absolute Gasteiger partial charge is 0.0731 e. The lowest BCUT2D eigenvalue weighted by molar-refractivity contribution is 0.801. The Morgan fingerprint density at radius 3 is 1.90 bits per heavy atom. The van der Waals surface area contributed by atoms with E-state index in [1.807, 2.05) is 24.3 Å². The van der Waals surface area contributed by atoms with Crippen molar-refractivity contribution in [2.45, 2.75) is 5.41 Å². The Bertz CT molecular complexity index is 1550. The van der Waals surface area contributed by atoms with E-state index in [9.17, 15) is 0 Å². The third-order valence-corrected chi connectivity index (χ3v) is 6.72. The molecule has 1 unspecified atom stereocenters. The summed E-state index contributed by atoms with van der Waals surface area (Å²) in [6, 6.07) is 34.8. The van der Waals surface area contributed by atoms with E-state index in [-0.39, 0.29) is 0 Å². The summed E-state index contributed by atoms with van der Waals surface area (Å²) in [6.07, 6.45) is 0. The molecule has 0 nitrogen and oxygen atoms in total. The number of benzene rings is 5. The van der Waals surface area contributed by atoms with Gasteiger partial charge in [-0.25, -0.2) is 0 Å². The molecule has 0 amide bonds. The molecule has 2 aliphatic carbocycles. The van der Waals surface area contributed by atoms with Crippen LogP contribution in [0.5, 0.6) is 0 Å². The van der Waals surface area contributed by atoms with Gasteiger partial charge in [-0.2, -0.15) is 0 Å². The third-order valence-electron chi connectivity index (χ3n) is 6.72. The van der Waals surface area contributed by atoms with Crippen molar-refractivity contribution in [3.05, 3.63) is 131 Å². The van der Waals surface area contributed by atoms with E-state index in [1.165, 1.54) is 33.4 Å². The van der Waals surface area contributed by atoms with Gasteiger partial charge in [-0.1, -0.05) is 109 Å². The maximum Gasteiger partial charge on any atom is 0.0731 e. The van der Waals surface area contributed by atoms with Gasteiger partial charge in [0.1, 0.15) is 0 Å². The maximum atomic E-state index is 8.73. The van der Waals surface area contributed by atoms with E-state index >= 15 is 0 Å². The molecule has 0 saturated heterocycles. The van der Waals surface area contributed by atoms with Crippen LogP contribution in [0.1, 0.15) is 25.0 Å². The molecule has 0 N–H and O–H groups in total. The van der Waals surface area contributed by atoms with Crippen molar-refractivity contribution < 1.29 is 2.74 Å². The van der Waals surface area contributed by atoms with E-state index < -0.39 is 5.41 Å². The van der Waals surface area contributed by atoms with Gasteiger partial charge in [0.25, 0.3) is 0 Å². The average Bonchev–Trinajstić information content (AvgIpc) is 3.26. The summed E-state index contributed by atoms with van der Waals surface area (Å²) in [5.74, 6) is 0. The van der Waals surface area contributed by atoms with E-state index in [2.05, 4.69) is 72.8 Å². The molecule has 1 atom stereocenters. The molecule has 0 bridgehead atoms. The van der Waals surface area contributed by atoms with Gasteiger partial charge in [0, 0.05) is 0 Å². The highest BCUT2D eigenvalue weighted by Gasteiger charge is 2.52. The van der Waals surface area contributed by atoms with E-state index in [4.69, 9.17) is 2.74 Å². The quantitative estimate of drug-likeness (QED) is 0.265. The van der Waals surface area contributed by atoms with Crippen molar-refractivity contribution >= 4 is 10.8 Å². The summed E-state index contributed by atoms with van der Waals surface area (Å²) in [4.78, 5) is 0. The van der Waals surface area contributed by atoms with E-state index in [1.54, 1.807) is 0 Å². The minimum absolute atomic E-state index is 0.432. The van der Waals surface area contributed by atoms with Crippen LogP contribution in [0.2, 0.25) is 0 Å². The summed E-state index contributed by atoms with van der Waals surface area (Å²) >= 11 is 0. The summed E-state index contributed by atoms with van der Waals surface area (Å²) in [6.45, 7) is 0. The maximum absolute atomic E-state index is 8.73. The van der Waals surface area contributed by atoms with Crippen molar-refractivity contribution in [1.29, 1.82) is 0 Å². The van der Waals surface area contributed by atoms with Crippen molar-refractivity contribution in [3.8, 4) is 22.3 Å². The van der Waals surface area contributed by atoms with Crippen LogP contribution in [0.15, 0.2) is 109 Å². The second-order valence-corrected chi connectivity index (χ2v) is 7.94. The molecule has 2 aliphatic rings. The molecule has 0 aromatic heterocycles. The predicted octanol–water partition coefficient (Wildman–Crippen LogP) is 7.18. The Labute approximate surface area is 172 Å². The molecular weight excluding hydrogens is 348 g/mol. The Hall–Kier alpha value is -3.64. The van der Waals surface area contributed by atoms with E-state index in [0.29, 0.717) is 12.1 Å². The molecular formula is C29H18. The lowest BCUT2D eigenvalue weighted by Crippen LogP contribution is -2.26. The Balaban J connectivity index is 1.78. The first-order chi connectivity index (χ1) is 15.2. The van der Waals surface area contributed by atoms with Crippen LogP contribution < -0.4 is 0 Å². The molecule has 0 heteroatoms. The van der Waals surface area contributed by atoms with Gasteiger partial charge < -0.3 is 0 Å². The van der Waals surface area contributed by atoms with Gasteiger partial charge in [-0.15, -0.1) is 0 Å². The monoisotopic (exact) mass is 370 g/mol. The Kier molecular flexibility index (Phi) is 2.44. The zero-order chi connectivity index (χ0) is 20.7. The van der Waals surface area contributed by atoms with Crippen LogP contribution in [0, 0.1) is 0 Å². The topological polar surface area (TPSA) is 0 Å². The van der Waals surface area contributed by atoms with Crippen molar-refractivity contribution in [3.63, 3.8) is 0 Å². The molecule has 5 aromatic rings. The fourth-order valence-corrected chi connectivity index (χ4v) is 5.72. The van der Waals surface area contributed by atoms with Crippen LogP contribution in [-0.2, 0) is 5.41 Å². The fraction of sp³-hybridized carbons (Fsp3) is 0.0345. The van der Waals surface area contributed by atoms with Gasteiger partial charge in [0.05, 0.1) is 8.16 Å². The first kappa shape index (κ1) is 13.5. The predicted molar refractivity (Wildman–Crippen MR) is 120 cm³/mol. The number of fused-ring (bicyclic) bond motifs is 12. The zero-order valence-corrected chi connectivity index (χ0v) is 15.7. The second kappa shape index (κ2) is 5.24. The molecule has 5 aromatic carbocycles. The van der Waals surface area contributed by atoms with Crippen molar-refractivity contribution in [1.82, 2.24) is 0 Å². The lowest BCUT2D eigenvalue weighted by Gasteiger charge is -2.31. The van der Waals surface area contributed by atoms with Crippen LogP contribution in [0.25, 0.3) is 33.0 Å². The highest BCUT2D eigenvalue weighted by atomic mass is 14.5. The molecule has 1 spiro atoms. The van der Waals surface area contributed by atoms with Gasteiger partial charge >= 0.3 is 0 Å². The molecule has 0 fully saturated rings. The molecule has 0 saturated carbocycles. The van der Waals surface area contributed by atoms with Crippen molar-refractivity contribution in [2.24, 2.45) is 0 Å². The number of hydrogen-bond donors (Lipinski definition) is 0. The summed E-state index contributed by atoms with van der Waals surface area (Å²) in [5.41, 5.74) is 9.31. The van der Waals surface area contributed by atoms with Crippen LogP contribution >= 0.6 is 0 Å². The highest BCUT2D eigenvalue weighted by molar-refractivity contribution is 6.03. The summed E-state index contributed by atoms with van der Waals surface area (Å²) in [7, 11) is 0. The number of rotatable bonds is 0. The molecule has 7 rings (SSSR count). The average molecular weight is 370 g/mol. The van der Waals surface area contributed by atoms with Gasteiger partial charge in [-0.3, -0.25) is 0 Å². The van der Waals surface area contributed by atoms with Gasteiger partial charge in [0.2, 0.25) is 0 Å². The first-order valence-electron chi connectivity index (χ1n) is 11.0. The highest BCUT2D eigenvalue weighted by Crippen LogP contribution is 2.63. The van der Waals surface area contributed by atoms with Crippen LogP contribution in [0.3, 0.4) is 0 Å².